The molecule has 0 atom stereocenters. The van der Waals surface area contributed by atoms with Crippen LogP contribution in [0.15, 0.2) is 94.7 Å². The summed E-state index contributed by atoms with van der Waals surface area (Å²) in [4.78, 5) is -0.453. The van der Waals surface area contributed by atoms with E-state index in [0.717, 1.165) is 43.2 Å². The van der Waals surface area contributed by atoms with Gasteiger partial charge in [-0.15, -0.1) is 5.75 Å². The van der Waals surface area contributed by atoms with Gasteiger partial charge in [-0.25, -0.2) is 8.42 Å². The maximum Gasteiger partial charge on any atom is 2.00 e. The SMILES string of the molecule is CCCCCCCCCCCCCc1cc(Oc2ccc(O)cc2)cc(S(=O)(=O)O)c1.CCCCCCCCCCCCCc1cc(Oc2ccc([O-])cc2)cc(S(=O)(=O)[O-])c1.[Ca+2]. The van der Waals surface area contributed by atoms with E-state index in [9.17, 15) is 36.2 Å². The van der Waals surface area contributed by atoms with Crippen LogP contribution in [-0.4, -0.2) is 68.8 Å². The molecule has 0 saturated carbocycles. The third kappa shape index (κ3) is 25.4. The Morgan fingerprint density at radius 3 is 1.16 bits per heavy atom. The van der Waals surface area contributed by atoms with E-state index >= 15 is 0 Å². The molecule has 0 heterocycles. The van der Waals surface area contributed by atoms with Gasteiger partial charge in [-0.1, -0.05) is 154 Å². The predicted octanol–water partition coefficient (Wildman–Crippen LogP) is 13.2. The minimum absolute atomic E-state index is 0. The first-order valence-electron chi connectivity index (χ1n) is 22.9. The Morgan fingerprint density at radius 2 is 0.794 bits per heavy atom. The molecule has 63 heavy (non-hydrogen) atoms. The quantitative estimate of drug-likeness (QED) is 0.0291. The maximum absolute atomic E-state index is 11.7. The first kappa shape index (κ1) is 56.3. The Morgan fingerprint density at radius 1 is 0.460 bits per heavy atom. The summed E-state index contributed by atoms with van der Waals surface area (Å²) in [6, 6.07) is 21.0. The number of phenols is 1. The molecule has 0 bridgehead atoms. The molecule has 4 aromatic carbocycles. The normalized spacial score (nSPS) is 11.4. The zero-order valence-corrected chi connectivity index (χ0v) is 41.6. The molecule has 4 rings (SSSR count). The number of aryl methyl sites for hydroxylation is 2. The van der Waals surface area contributed by atoms with Crippen LogP contribution in [0.25, 0.3) is 0 Å². The minimum atomic E-state index is -4.58. The van der Waals surface area contributed by atoms with Crippen molar-refractivity contribution in [2.75, 3.05) is 0 Å². The number of hydrogen-bond acceptors (Lipinski definition) is 9. The Hall–Kier alpha value is -2.84. The minimum Gasteiger partial charge on any atom is -0.872 e. The zero-order chi connectivity index (χ0) is 45.1. The fourth-order valence-electron chi connectivity index (χ4n) is 7.24. The molecule has 10 nitrogen and oxygen atoms in total. The molecule has 0 aliphatic rings. The third-order valence-corrected chi connectivity index (χ3v) is 12.4. The van der Waals surface area contributed by atoms with Crippen LogP contribution < -0.4 is 14.6 Å². The van der Waals surface area contributed by atoms with Crippen LogP contribution >= 0.6 is 0 Å². The van der Waals surface area contributed by atoms with Gasteiger partial charge >= 0.3 is 37.7 Å². The molecule has 0 saturated heterocycles. The zero-order valence-electron chi connectivity index (χ0n) is 37.7. The summed E-state index contributed by atoms with van der Waals surface area (Å²) >= 11 is 0. The van der Waals surface area contributed by atoms with Gasteiger partial charge < -0.3 is 24.2 Å². The summed E-state index contributed by atoms with van der Waals surface area (Å²) in [5.41, 5.74) is 1.59. The summed E-state index contributed by atoms with van der Waals surface area (Å²) in [6.07, 6.45) is 28.8. The average molecular weight is 935 g/mol. The number of phenolic OH excluding ortho intramolecular Hbond substituents is 1. The molecular weight excluding hydrogens is 865 g/mol. The fourth-order valence-corrected chi connectivity index (χ4v) is 8.36. The van der Waals surface area contributed by atoms with Crippen LogP contribution in [-0.2, 0) is 33.1 Å². The van der Waals surface area contributed by atoms with Crippen molar-refractivity contribution in [1.82, 2.24) is 0 Å². The third-order valence-electron chi connectivity index (χ3n) is 10.7. The van der Waals surface area contributed by atoms with E-state index in [0.29, 0.717) is 23.7 Å². The summed E-state index contributed by atoms with van der Waals surface area (Å²) < 4.78 is 78.8. The molecule has 0 amide bonds. The van der Waals surface area contributed by atoms with E-state index < -0.39 is 20.2 Å². The summed E-state index contributed by atoms with van der Waals surface area (Å²) in [6.45, 7) is 4.47. The molecule has 0 radical (unpaired) electrons. The number of rotatable bonds is 30. The fraction of sp³-hybridized carbons (Fsp3) is 0.520. The monoisotopic (exact) mass is 934 g/mol. The smallest absolute Gasteiger partial charge is 0.872 e. The molecular formula is C50H70CaO10S2. The summed E-state index contributed by atoms with van der Waals surface area (Å²) in [5, 5.41) is 20.6. The number of unbranched alkanes of at least 4 members (excludes halogenated alkanes) is 20. The molecule has 13 heteroatoms. The van der Waals surface area contributed by atoms with E-state index in [1.54, 1.807) is 24.3 Å². The van der Waals surface area contributed by atoms with E-state index in [2.05, 4.69) is 13.8 Å². The molecule has 4 aromatic rings. The van der Waals surface area contributed by atoms with Gasteiger partial charge in [-0.05, 0) is 104 Å². The largest absolute Gasteiger partial charge is 2.00 e. The Kier molecular flexibility index (Phi) is 28.5. The Bertz CT molecular complexity index is 1910. The Labute approximate surface area is 408 Å². The van der Waals surface area contributed by atoms with Gasteiger partial charge in [-0.2, -0.15) is 8.42 Å². The number of hydrogen-bond donors (Lipinski definition) is 2. The van der Waals surface area contributed by atoms with Crippen LogP contribution in [0.5, 0.6) is 34.5 Å². The molecule has 0 unspecified atom stereocenters. The van der Waals surface area contributed by atoms with E-state index in [-0.39, 0.29) is 64.8 Å². The van der Waals surface area contributed by atoms with Crippen LogP contribution in [0.3, 0.4) is 0 Å². The van der Waals surface area contributed by atoms with Crippen LogP contribution in [0.1, 0.15) is 166 Å². The maximum atomic E-state index is 11.7. The summed E-state index contributed by atoms with van der Waals surface area (Å²) in [5.74, 6) is 1.51. The van der Waals surface area contributed by atoms with E-state index in [1.165, 1.54) is 176 Å². The van der Waals surface area contributed by atoms with E-state index in [4.69, 9.17) is 9.47 Å². The van der Waals surface area contributed by atoms with Gasteiger partial charge in [0.05, 0.1) is 9.79 Å². The van der Waals surface area contributed by atoms with Gasteiger partial charge in [0.2, 0.25) is 0 Å². The van der Waals surface area contributed by atoms with Gasteiger partial charge in [0.1, 0.15) is 38.9 Å². The topological polar surface area (TPSA) is 173 Å². The van der Waals surface area contributed by atoms with Gasteiger partial charge in [0.25, 0.3) is 10.1 Å². The number of aromatic hydroxyl groups is 1. The molecule has 2 N–H and O–H groups in total. The number of benzene rings is 4. The second-order valence-electron chi connectivity index (χ2n) is 16.3. The molecule has 0 spiro atoms. The van der Waals surface area contributed by atoms with Gasteiger partial charge in [-0.3, -0.25) is 4.55 Å². The second-order valence-corrected chi connectivity index (χ2v) is 19.1. The van der Waals surface area contributed by atoms with Gasteiger partial charge in [0, 0.05) is 6.07 Å². The van der Waals surface area contributed by atoms with Crippen LogP contribution in [0, 0.1) is 0 Å². The number of ether oxygens (including phenoxy) is 2. The molecule has 0 aliphatic carbocycles. The van der Waals surface area contributed by atoms with Crippen molar-refractivity contribution in [3.63, 3.8) is 0 Å². The van der Waals surface area contributed by atoms with Crippen molar-refractivity contribution < 1.29 is 45.6 Å². The van der Waals surface area contributed by atoms with Crippen LogP contribution in [0.2, 0.25) is 0 Å². The van der Waals surface area contributed by atoms with E-state index in [1.807, 2.05) is 0 Å². The molecule has 344 valence electrons. The standard InChI is InChI=1S/2C25H36O5S.Ca/c2*1-2-3-4-5-6-7-8-9-10-11-12-13-21-18-24(20-25(19-21)31(27,28)29)30-23-16-14-22(26)15-17-23;/h2*14-20,26H,2-13H2,1H3,(H,27,28,29);/q;;+2/p-2. The first-order chi connectivity index (χ1) is 29.8. The molecule has 0 aromatic heterocycles. The van der Waals surface area contributed by atoms with Gasteiger partial charge in [0.15, 0.2) is 0 Å². The van der Waals surface area contributed by atoms with Crippen molar-refractivity contribution in [2.45, 2.75) is 178 Å². The van der Waals surface area contributed by atoms with Crippen molar-refractivity contribution >= 4 is 58.0 Å². The summed E-state index contributed by atoms with van der Waals surface area (Å²) in [7, 11) is -8.90. The second kappa shape index (κ2) is 31.9. The average Bonchev–Trinajstić information content (AvgIpc) is 3.23. The predicted molar refractivity (Wildman–Crippen MR) is 251 cm³/mol. The van der Waals surface area contributed by atoms with Crippen molar-refractivity contribution in [2.24, 2.45) is 0 Å². The Balaban J connectivity index is 0.000000427. The van der Waals surface area contributed by atoms with Crippen molar-refractivity contribution in [3.05, 3.63) is 96.1 Å². The van der Waals surface area contributed by atoms with Crippen molar-refractivity contribution in [3.8, 4) is 34.5 Å². The first-order valence-corrected chi connectivity index (χ1v) is 25.7. The molecule has 0 aliphatic heterocycles. The van der Waals surface area contributed by atoms with Crippen molar-refractivity contribution in [1.29, 1.82) is 0 Å². The van der Waals surface area contributed by atoms with Crippen LogP contribution in [0.4, 0.5) is 0 Å². The molecule has 0 fully saturated rings.